The zero-order valence-electron chi connectivity index (χ0n) is 10.1. The molecular weight excluding hydrogens is 288 g/mol. The second-order valence-electron chi connectivity index (χ2n) is 4.62. The quantitative estimate of drug-likeness (QED) is 0.827. The second kappa shape index (κ2) is 5.11. The number of nitrogens with zero attached hydrogens (tertiary/aromatic N) is 2. The Labute approximate surface area is 116 Å². The third kappa shape index (κ3) is 2.27. The van der Waals surface area contributed by atoms with Crippen molar-refractivity contribution in [1.82, 2.24) is 4.98 Å². The molecule has 0 bridgehead atoms. The summed E-state index contributed by atoms with van der Waals surface area (Å²) in [7, 11) is 0. The number of pyridine rings is 1. The van der Waals surface area contributed by atoms with E-state index in [1.165, 1.54) is 24.1 Å². The first kappa shape index (κ1) is 11.7. The van der Waals surface area contributed by atoms with Gasteiger partial charge in [0, 0.05) is 17.2 Å². The van der Waals surface area contributed by atoms with Gasteiger partial charge in [-0.25, -0.2) is 0 Å². The van der Waals surface area contributed by atoms with Crippen molar-refractivity contribution < 1.29 is 0 Å². The first-order valence-electron chi connectivity index (χ1n) is 6.27. The van der Waals surface area contributed by atoms with Crippen LogP contribution >= 0.6 is 15.9 Å². The molecule has 1 atom stereocenters. The van der Waals surface area contributed by atoms with Gasteiger partial charge in [-0.2, -0.15) is 0 Å². The summed E-state index contributed by atoms with van der Waals surface area (Å²) >= 11 is 3.50. The molecule has 1 aliphatic rings. The van der Waals surface area contributed by atoms with Gasteiger partial charge in [-0.1, -0.05) is 30.3 Å². The molecule has 1 aromatic heterocycles. The molecule has 1 unspecified atom stereocenters. The summed E-state index contributed by atoms with van der Waals surface area (Å²) in [6.07, 6.45) is 6.24. The van der Waals surface area contributed by atoms with E-state index < -0.39 is 0 Å². The maximum atomic E-state index is 4.27. The highest BCUT2D eigenvalue weighted by Crippen LogP contribution is 2.36. The minimum atomic E-state index is 0.488. The molecule has 2 aromatic rings. The molecule has 0 N–H and O–H groups in total. The first-order valence-corrected chi connectivity index (χ1v) is 7.06. The van der Waals surface area contributed by atoms with Crippen LogP contribution in [0.25, 0.3) is 0 Å². The largest absolute Gasteiger partial charge is 0.363 e. The summed E-state index contributed by atoms with van der Waals surface area (Å²) in [5.74, 6) is 0. The van der Waals surface area contributed by atoms with Crippen molar-refractivity contribution >= 4 is 21.6 Å². The molecule has 18 heavy (non-hydrogen) atoms. The SMILES string of the molecule is Brc1cncc(N2CCCC2c2ccccc2)c1. The molecule has 92 valence electrons. The van der Waals surface area contributed by atoms with Gasteiger partial charge < -0.3 is 4.90 Å². The molecule has 2 nitrogen and oxygen atoms in total. The van der Waals surface area contributed by atoms with Crippen LogP contribution in [0, 0.1) is 0 Å². The monoisotopic (exact) mass is 302 g/mol. The van der Waals surface area contributed by atoms with E-state index in [4.69, 9.17) is 0 Å². The zero-order valence-corrected chi connectivity index (χ0v) is 11.7. The Kier molecular flexibility index (Phi) is 3.33. The molecule has 1 aliphatic heterocycles. The molecule has 1 fully saturated rings. The normalized spacial score (nSPS) is 19.2. The van der Waals surface area contributed by atoms with E-state index in [0.29, 0.717) is 6.04 Å². The van der Waals surface area contributed by atoms with Gasteiger partial charge in [-0.3, -0.25) is 4.98 Å². The number of halogens is 1. The van der Waals surface area contributed by atoms with Gasteiger partial charge in [-0.15, -0.1) is 0 Å². The van der Waals surface area contributed by atoms with E-state index in [2.05, 4.69) is 62.2 Å². The van der Waals surface area contributed by atoms with E-state index in [0.717, 1.165) is 11.0 Å². The van der Waals surface area contributed by atoms with E-state index in [1.54, 1.807) is 0 Å². The lowest BCUT2D eigenvalue weighted by Gasteiger charge is -2.27. The van der Waals surface area contributed by atoms with Crippen LogP contribution in [0.2, 0.25) is 0 Å². The number of hydrogen-bond acceptors (Lipinski definition) is 2. The van der Waals surface area contributed by atoms with Crippen LogP contribution in [-0.4, -0.2) is 11.5 Å². The fourth-order valence-electron chi connectivity index (χ4n) is 2.66. The Balaban J connectivity index is 1.92. The minimum absolute atomic E-state index is 0.488. The number of anilines is 1. The van der Waals surface area contributed by atoms with Crippen molar-refractivity contribution in [1.29, 1.82) is 0 Å². The molecule has 3 rings (SSSR count). The summed E-state index contributed by atoms with van der Waals surface area (Å²) in [6.45, 7) is 1.11. The Morgan fingerprint density at radius 1 is 1.17 bits per heavy atom. The third-order valence-electron chi connectivity index (χ3n) is 3.46. The highest BCUT2D eigenvalue weighted by Gasteiger charge is 2.26. The van der Waals surface area contributed by atoms with Gasteiger partial charge in [0.2, 0.25) is 0 Å². The Bertz CT molecular complexity index is 527. The Morgan fingerprint density at radius 3 is 2.78 bits per heavy atom. The van der Waals surface area contributed by atoms with Crippen LogP contribution in [-0.2, 0) is 0 Å². The topological polar surface area (TPSA) is 16.1 Å². The fourth-order valence-corrected chi connectivity index (χ4v) is 3.01. The maximum Gasteiger partial charge on any atom is 0.0569 e. The van der Waals surface area contributed by atoms with Gasteiger partial charge in [-0.05, 0) is 40.4 Å². The second-order valence-corrected chi connectivity index (χ2v) is 5.54. The summed E-state index contributed by atoms with van der Waals surface area (Å²) in [6, 6.07) is 13.4. The van der Waals surface area contributed by atoms with Crippen LogP contribution in [0.4, 0.5) is 5.69 Å². The van der Waals surface area contributed by atoms with E-state index in [9.17, 15) is 0 Å². The van der Waals surface area contributed by atoms with Gasteiger partial charge in [0.15, 0.2) is 0 Å². The highest BCUT2D eigenvalue weighted by molar-refractivity contribution is 9.10. The number of hydrogen-bond donors (Lipinski definition) is 0. The number of rotatable bonds is 2. The Morgan fingerprint density at radius 2 is 2.00 bits per heavy atom. The van der Waals surface area contributed by atoms with E-state index in [1.807, 2.05) is 12.4 Å². The minimum Gasteiger partial charge on any atom is -0.363 e. The van der Waals surface area contributed by atoms with Crippen molar-refractivity contribution in [2.24, 2.45) is 0 Å². The molecule has 0 radical (unpaired) electrons. The molecular formula is C15H15BrN2. The van der Waals surface area contributed by atoms with Crippen molar-refractivity contribution in [2.45, 2.75) is 18.9 Å². The summed E-state index contributed by atoms with van der Waals surface area (Å²) in [5, 5.41) is 0. The molecule has 3 heteroatoms. The molecule has 2 heterocycles. The summed E-state index contributed by atoms with van der Waals surface area (Å²) in [5.41, 5.74) is 2.60. The van der Waals surface area contributed by atoms with Crippen LogP contribution < -0.4 is 4.90 Å². The van der Waals surface area contributed by atoms with Crippen LogP contribution in [0.1, 0.15) is 24.4 Å². The lowest BCUT2D eigenvalue weighted by molar-refractivity contribution is 0.718. The van der Waals surface area contributed by atoms with Gasteiger partial charge in [0.05, 0.1) is 17.9 Å². The summed E-state index contributed by atoms with van der Waals surface area (Å²) < 4.78 is 1.04. The average molecular weight is 303 g/mol. The smallest absolute Gasteiger partial charge is 0.0569 e. The zero-order chi connectivity index (χ0) is 12.4. The lowest BCUT2D eigenvalue weighted by atomic mass is 10.0. The van der Waals surface area contributed by atoms with Gasteiger partial charge in [0.25, 0.3) is 0 Å². The Hall–Kier alpha value is -1.35. The van der Waals surface area contributed by atoms with Gasteiger partial charge in [0.1, 0.15) is 0 Å². The lowest BCUT2D eigenvalue weighted by Crippen LogP contribution is -2.22. The molecule has 0 spiro atoms. The third-order valence-corrected chi connectivity index (χ3v) is 3.89. The molecule has 1 saturated heterocycles. The van der Waals surface area contributed by atoms with Crippen LogP contribution in [0.5, 0.6) is 0 Å². The molecule has 0 saturated carbocycles. The van der Waals surface area contributed by atoms with E-state index >= 15 is 0 Å². The van der Waals surface area contributed by atoms with Crippen molar-refractivity contribution in [3.8, 4) is 0 Å². The summed E-state index contributed by atoms with van der Waals surface area (Å²) in [4.78, 5) is 6.72. The molecule has 1 aromatic carbocycles. The average Bonchev–Trinajstić information content (AvgIpc) is 2.89. The van der Waals surface area contributed by atoms with E-state index in [-0.39, 0.29) is 0 Å². The van der Waals surface area contributed by atoms with Crippen molar-refractivity contribution in [3.05, 3.63) is 58.8 Å². The standard InChI is InChI=1S/C15H15BrN2/c16-13-9-14(11-17-10-13)18-8-4-7-15(18)12-5-2-1-3-6-12/h1-3,5-6,9-11,15H,4,7-8H2. The predicted octanol–water partition coefficient (Wildman–Crippen LogP) is 4.19. The number of benzene rings is 1. The fraction of sp³-hybridized carbons (Fsp3) is 0.267. The molecule has 0 aliphatic carbocycles. The van der Waals surface area contributed by atoms with Crippen molar-refractivity contribution in [3.63, 3.8) is 0 Å². The molecule has 0 amide bonds. The van der Waals surface area contributed by atoms with Crippen LogP contribution in [0.3, 0.4) is 0 Å². The number of aromatic nitrogens is 1. The van der Waals surface area contributed by atoms with Crippen molar-refractivity contribution in [2.75, 3.05) is 11.4 Å². The van der Waals surface area contributed by atoms with Crippen LogP contribution in [0.15, 0.2) is 53.3 Å². The highest BCUT2D eigenvalue weighted by atomic mass is 79.9. The predicted molar refractivity (Wildman–Crippen MR) is 77.7 cm³/mol. The maximum absolute atomic E-state index is 4.27. The first-order chi connectivity index (χ1) is 8.84. The van der Waals surface area contributed by atoms with Gasteiger partial charge >= 0.3 is 0 Å².